The molecule has 7 nitrogen and oxygen atoms in total. The van der Waals surface area contributed by atoms with Crippen molar-refractivity contribution in [2.24, 2.45) is 5.92 Å². The summed E-state index contributed by atoms with van der Waals surface area (Å²) in [4.78, 5) is 28.2. The van der Waals surface area contributed by atoms with Crippen LogP contribution in [0.3, 0.4) is 0 Å². The molecule has 0 saturated heterocycles. The summed E-state index contributed by atoms with van der Waals surface area (Å²) in [5, 5.41) is 17.5. The lowest BCUT2D eigenvalue weighted by atomic mass is 9.99. The maximum atomic E-state index is 11.9. The van der Waals surface area contributed by atoms with Gasteiger partial charge in [0, 0.05) is 12.8 Å². The van der Waals surface area contributed by atoms with Gasteiger partial charge < -0.3 is 14.9 Å². The first-order chi connectivity index (χ1) is 11.0. The Labute approximate surface area is 137 Å². The first-order valence-corrected chi connectivity index (χ1v) is 8.27. The van der Waals surface area contributed by atoms with Gasteiger partial charge in [0.2, 0.25) is 17.6 Å². The highest BCUT2D eigenvalue weighted by molar-refractivity contribution is 7.13. The maximum absolute atomic E-state index is 11.9. The summed E-state index contributed by atoms with van der Waals surface area (Å²) >= 11 is 1.50. The van der Waals surface area contributed by atoms with Crippen molar-refractivity contribution in [2.45, 2.75) is 39.2 Å². The van der Waals surface area contributed by atoms with Gasteiger partial charge in [-0.25, -0.2) is 4.79 Å². The van der Waals surface area contributed by atoms with Gasteiger partial charge in [-0.2, -0.15) is 4.98 Å². The molecule has 2 rings (SSSR count). The van der Waals surface area contributed by atoms with Crippen molar-refractivity contribution in [3.05, 3.63) is 23.4 Å². The van der Waals surface area contributed by atoms with Gasteiger partial charge in [0.15, 0.2) is 0 Å². The van der Waals surface area contributed by atoms with Crippen LogP contribution in [0.5, 0.6) is 0 Å². The number of carbonyl (C=O) groups is 2. The molecular formula is C15H19N3O4S. The van der Waals surface area contributed by atoms with Crippen molar-refractivity contribution in [2.75, 3.05) is 0 Å². The monoisotopic (exact) mass is 337 g/mol. The van der Waals surface area contributed by atoms with Crippen LogP contribution in [0.1, 0.15) is 32.6 Å². The molecule has 1 amide bonds. The number of nitrogens with one attached hydrogen (secondary N) is 1. The molecule has 0 bridgehead atoms. The predicted octanol–water partition coefficient (Wildman–Crippen LogP) is 2.35. The molecule has 2 N–H and O–H groups in total. The third-order valence-corrected chi connectivity index (χ3v) is 4.44. The topological polar surface area (TPSA) is 105 Å². The van der Waals surface area contributed by atoms with E-state index in [-0.39, 0.29) is 24.7 Å². The van der Waals surface area contributed by atoms with Crippen LogP contribution in [-0.4, -0.2) is 33.2 Å². The second-order valence-corrected chi connectivity index (χ2v) is 6.21. The quantitative estimate of drug-likeness (QED) is 0.766. The maximum Gasteiger partial charge on any atom is 0.326 e. The molecule has 8 heteroatoms. The first-order valence-electron chi connectivity index (χ1n) is 7.40. The molecule has 2 aromatic rings. The van der Waals surface area contributed by atoms with Crippen LogP contribution in [0.15, 0.2) is 22.0 Å². The number of thiophene rings is 1. The average Bonchev–Trinajstić information content (AvgIpc) is 3.20. The Morgan fingerprint density at radius 3 is 2.87 bits per heavy atom. The number of rotatable bonds is 8. The minimum absolute atomic E-state index is 0.103. The standard InChI is InChI=1S/C15H19N3O4S/c1-3-9(2)13(15(20)21)16-11(19)6-7-12-17-14(18-22-12)10-5-4-8-23-10/h4-5,8-9,13H,3,6-7H2,1-2H3,(H,16,19)(H,20,21)/t9-,13-/m0/s1. The number of carboxylic acids is 1. The molecule has 0 fully saturated rings. The van der Waals surface area contributed by atoms with Gasteiger partial charge in [-0.1, -0.05) is 31.5 Å². The first kappa shape index (κ1) is 17.1. The van der Waals surface area contributed by atoms with E-state index in [0.29, 0.717) is 18.1 Å². The zero-order valence-corrected chi connectivity index (χ0v) is 13.8. The molecule has 0 aromatic carbocycles. The Morgan fingerprint density at radius 2 is 2.26 bits per heavy atom. The predicted molar refractivity (Wildman–Crippen MR) is 85.0 cm³/mol. The summed E-state index contributed by atoms with van der Waals surface area (Å²) in [5.41, 5.74) is 0. The highest BCUT2D eigenvalue weighted by atomic mass is 32.1. The molecule has 0 radical (unpaired) electrons. The van der Waals surface area contributed by atoms with Gasteiger partial charge in [-0.3, -0.25) is 4.79 Å². The molecule has 0 spiro atoms. The summed E-state index contributed by atoms with van der Waals surface area (Å²) < 4.78 is 5.11. The van der Waals surface area contributed by atoms with Gasteiger partial charge in [-0.05, 0) is 17.4 Å². The second-order valence-electron chi connectivity index (χ2n) is 5.26. The summed E-state index contributed by atoms with van der Waals surface area (Å²) in [6, 6.07) is 2.90. The number of aryl methyl sites for hydroxylation is 1. The largest absolute Gasteiger partial charge is 0.480 e. The number of aliphatic carboxylic acids is 1. The highest BCUT2D eigenvalue weighted by Crippen LogP contribution is 2.21. The van der Waals surface area contributed by atoms with Crippen LogP contribution in [0.2, 0.25) is 0 Å². The average molecular weight is 337 g/mol. The molecule has 2 heterocycles. The van der Waals surface area contributed by atoms with Crippen molar-refractivity contribution < 1.29 is 19.2 Å². The van der Waals surface area contributed by atoms with E-state index in [9.17, 15) is 9.59 Å². The molecule has 124 valence electrons. The van der Waals surface area contributed by atoms with E-state index in [4.69, 9.17) is 9.63 Å². The van der Waals surface area contributed by atoms with Crippen LogP contribution in [0, 0.1) is 5.92 Å². The van der Waals surface area contributed by atoms with Crippen LogP contribution in [-0.2, 0) is 16.0 Å². The zero-order valence-electron chi connectivity index (χ0n) is 13.0. The molecule has 0 aliphatic carbocycles. The van der Waals surface area contributed by atoms with Crippen LogP contribution >= 0.6 is 11.3 Å². The molecule has 0 aliphatic rings. The fourth-order valence-electron chi connectivity index (χ4n) is 2.01. The molecule has 0 aliphatic heterocycles. The van der Waals surface area contributed by atoms with Crippen molar-refractivity contribution >= 4 is 23.2 Å². The number of carbonyl (C=O) groups excluding carboxylic acids is 1. The van der Waals surface area contributed by atoms with Gasteiger partial charge in [0.05, 0.1) is 4.88 Å². The van der Waals surface area contributed by atoms with E-state index in [1.54, 1.807) is 6.92 Å². The summed E-state index contributed by atoms with van der Waals surface area (Å²) in [6.07, 6.45) is 1.05. The van der Waals surface area contributed by atoms with Crippen molar-refractivity contribution in [3.63, 3.8) is 0 Å². The van der Waals surface area contributed by atoms with E-state index in [2.05, 4.69) is 15.5 Å². The van der Waals surface area contributed by atoms with Gasteiger partial charge >= 0.3 is 5.97 Å². The third kappa shape index (κ3) is 4.62. The Morgan fingerprint density at radius 1 is 1.48 bits per heavy atom. The minimum Gasteiger partial charge on any atom is -0.480 e. The van der Waals surface area contributed by atoms with E-state index in [0.717, 1.165) is 4.88 Å². The molecule has 0 saturated carbocycles. The molecular weight excluding hydrogens is 318 g/mol. The third-order valence-electron chi connectivity index (χ3n) is 3.57. The molecule has 0 unspecified atom stereocenters. The summed E-state index contributed by atoms with van der Waals surface area (Å²) in [6.45, 7) is 3.68. The zero-order chi connectivity index (χ0) is 16.8. The highest BCUT2D eigenvalue weighted by Gasteiger charge is 2.25. The number of hydrogen-bond donors (Lipinski definition) is 2. The Bertz CT molecular complexity index is 653. The number of carboxylic acid groups (broad SMARTS) is 1. The number of amides is 1. The lowest BCUT2D eigenvalue weighted by Crippen LogP contribution is -2.45. The van der Waals surface area contributed by atoms with Crippen molar-refractivity contribution in [1.82, 2.24) is 15.5 Å². The SMILES string of the molecule is CC[C@H](C)[C@H](NC(=O)CCc1nc(-c2cccs2)no1)C(=O)O. The lowest BCUT2D eigenvalue weighted by molar-refractivity contribution is -0.143. The lowest BCUT2D eigenvalue weighted by Gasteiger charge is -2.19. The van der Waals surface area contributed by atoms with Crippen LogP contribution in [0.4, 0.5) is 0 Å². The number of hydrogen-bond acceptors (Lipinski definition) is 6. The van der Waals surface area contributed by atoms with Crippen molar-refractivity contribution in [1.29, 1.82) is 0 Å². The Hall–Kier alpha value is -2.22. The number of nitrogens with zero attached hydrogens (tertiary/aromatic N) is 2. The number of aromatic nitrogens is 2. The van der Waals surface area contributed by atoms with Crippen molar-refractivity contribution in [3.8, 4) is 10.7 Å². The Balaban J connectivity index is 1.88. The van der Waals surface area contributed by atoms with Crippen LogP contribution in [0.25, 0.3) is 10.7 Å². The summed E-state index contributed by atoms with van der Waals surface area (Å²) in [5.74, 6) is -0.637. The van der Waals surface area contributed by atoms with Gasteiger partial charge in [-0.15, -0.1) is 11.3 Å². The van der Waals surface area contributed by atoms with Crippen LogP contribution < -0.4 is 5.32 Å². The fourth-order valence-corrected chi connectivity index (χ4v) is 2.66. The normalized spacial score (nSPS) is 13.5. The smallest absolute Gasteiger partial charge is 0.326 e. The Kier molecular flexibility index (Phi) is 5.86. The van der Waals surface area contributed by atoms with Gasteiger partial charge in [0.25, 0.3) is 0 Å². The molecule has 23 heavy (non-hydrogen) atoms. The fraction of sp³-hybridized carbons (Fsp3) is 0.467. The van der Waals surface area contributed by atoms with E-state index in [1.807, 2.05) is 24.4 Å². The van der Waals surface area contributed by atoms with E-state index in [1.165, 1.54) is 11.3 Å². The minimum atomic E-state index is -1.02. The van der Waals surface area contributed by atoms with E-state index < -0.39 is 12.0 Å². The molecule has 2 aromatic heterocycles. The second kappa shape index (κ2) is 7.87. The van der Waals surface area contributed by atoms with E-state index >= 15 is 0 Å². The van der Waals surface area contributed by atoms with Gasteiger partial charge in [0.1, 0.15) is 6.04 Å². The summed E-state index contributed by atoms with van der Waals surface area (Å²) in [7, 11) is 0. The molecule has 2 atom stereocenters.